The number of piperidine rings is 1. The van der Waals surface area contributed by atoms with Gasteiger partial charge in [0, 0.05) is 13.2 Å². The summed E-state index contributed by atoms with van der Waals surface area (Å²) in [7, 11) is 3.28. The summed E-state index contributed by atoms with van der Waals surface area (Å²) < 4.78 is 16.1. The maximum Gasteiger partial charge on any atom is 0.225 e. The van der Waals surface area contributed by atoms with Crippen molar-refractivity contribution in [2.75, 3.05) is 27.4 Å². The van der Waals surface area contributed by atoms with Gasteiger partial charge in [0.1, 0.15) is 18.1 Å². The van der Waals surface area contributed by atoms with Crippen LogP contribution in [0.2, 0.25) is 0 Å². The van der Waals surface area contributed by atoms with E-state index in [2.05, 4.69) is 4.90 Å². The van der Waals surface area contributed by atoms with Crippen molar-refractivity contribution in [3.63, 3.8) is 0 Å². The van der Waals surface area contributed by atoms with Crippen molar-refractivity contribution in [3.05, 3.63) is 24.3 Å². The molecule has 3 rings (SSSR count). The first-order valence-electron chi connectivity index (χ1n) is 8.30. The number of fused-ring (bicyclic) bond motifs is 2. The van der Waals surface area contributed by atoms with Crippen LogP contribution >= 0.6 is 0 Å². The molecule has 3 atom stereocenters. The zero-order valence-corrected chi connectivity index (χ0v) is 13.9. The van der Waals surface area contributed by atoms with Crippen molar-refractivity contribution in [3.8, 4) is 11.5 Å². The SMILES string of the molecule is COCCC(=O)N1C2CCC(C2)[C@H]1COc1ccc(OC)cc1. The van der Waals surface area contributed by atoms with Crippen LogP contribution in [0, 0.1) is 5.92 Å². The number of hydrogen-bond donors (Lipinski definition) is 0. The lowest BCUT2D eigenvalue weighted by atomic mass is 9.99. The summed E-state index contributed by atoms with van der Waals surface area (Å²) in [5.41, 5.74) is 0. The third kappa shape index (κ3) is 3.44. The molecule has 1 heterocycles. The van der Waals surface area contributed by atoms with E-state index in [-0.39, 0.29) is 11.9 Å². The Morgan fingerprint density at radius 2 is 1.91 bits per heavy atom. The van der Waals surface area contributed by atoms with Gasteiger partial charge in [-0.05, 0) is 49.4 Å². The second kappa shape index (κ2) is 7.21. The monoisotopic (exact) mass is 319 g/mol. The normalized spacial score (nSPS) is 25.7. The predicted octanol–water partition coefficient (Wildman–Crippen LogP) is 2.49. The lowest BCUT2D eigenvalue weighted by Crippen LogP contribution is -2.48. The van der Waals surface area contributed by atoms with Gasteiger partial charge in [-0.15, -0.1) is 0 Å². The minimum atomic E-state index is 0.195. The van der Waals surface area contributed by atoms with E-state index in [9.17, 15) is 4.79 Å². The van der Waals surface area contributed by atoms with Gasteiger partial charge in [0.15, 0.2) is 0 Å². The van der Waals surface area contributed by atoms with Crippen LogP contribution in [0.1, 0.15) is 25.7 Å². The molecule has 126 valence electrons. The van der Waals surface area contributed by atoms with E-state index in [1.54, 1.807) is 14.2 Å². The molecule has 23 heavy (non-hydrogen) atoms. The molecule has 0 N–H and O–H groups in total. The molecule has 0 spiro atoms. The van der Waals surface area contributed by atoms with Gasteiger partial charge in [-0.3, -0.25) is 4.79 Å². The van der Waals surface area contributed by atoms with Crippen LogP contribution in [0.5, 0.6) is 11.5 Å². The zero-order valence-electron chi connectivity index (χ0n) is 13.9. The van der Waals surface area contributed by atoms with Crippen molar-refractivity contribution in [2.45, 2.75) is 37.8 Å². The third-order valence-electron chi connectivity index (χ3n) is 5.03. The highest BCUT2D eigenvalue weighted by molar-refractivity contribution is 5.77. The Balaban J connectivity index is 1.61. The van der Waals surface area contributed by atoms with Crippen LogP contribution < -0.4 is 9.47 Å². The molecule has 1 amide bonds. The highest BCUT2D eigenvalue weighted by atomic mass is 16.5. The summed E-state index contributed by atoms with van der Waals surface area (Å²) in [6.07, 6.45) is 3.91. The van der Waals surface area contributed by atoms with Crippen LogP contribution in [0.3, 0.4) is 0 Å². The summed E-state index contributed by atoms with van der Waals surface area (Å²) in [5, 5.41) is 0. The number of ether oxygens (including phenoxy) is 3. The van der Waals surface area contributed by atoms with Crippen LogP contribution in [-0.2, 0) is 9.53 Å². The number of carbonyl (C=O) groups excluding carboxylic acids is 1. The molecule has 2 bridgehead atoms. The van der Waals surface area contributed by atoms with Crippen molar-refractivity contribution in [2.24, 2.45) is 5.92 Å². The number of amides is 1. The number of methoxy groups -OCH3 is 2. The largest absolute Gasteiger partial charge is 0.497 e. The Morgan fingerprint density at radius 1 is 1.17 bits per heavy atom. The summed E-state index contributed by atoms with van der Waals surface area (Å²) >= 11 is 0. The number of hydrogen-bond acceptors (Lipinski definition) is 4. The maximum atomic E-state index is 12.5. The number of nitrogens with zero attached hydrogens (tertiary/aromatic N) is 1. The summed E-state index contributed by atoms with van der Waals surface area (Å²) in [6, 6.07) is 8.18. The van der Waals surface area contributed by atoms with Gasteiger partial charge < -0.3 is 19.1 Å². The highest BCUT2D eigenvalue weighted by Gasteiger charge is 2.47. The highest BCUT2D eigenvalue weighted by Crippen LogP contribution is 2.42. The molecule has 1 saturated heterocycles. The molecule has 1 aromatic carbocycles. The average Bonchev–Trinajstić information content (AvgIpc) is 3.19. The fourth-order valence-electron chi connectivity index (χ4n) is 3.87. The summed E-state index contributed by atoms with van der Waals surface area (Å²) in [4.78, 5) is 14.5. The average molecular weight is 319 g/mol. The molecule has 0 aromatic heterocycles. The minimum absolute atomic E-state index is 0.195. The second-order valence-electron chi connectivity index (χ2n) is 6.32. The number of likely N-dealkylation sites (tertiary alicyclic amines) is 1. The minimum Gasteiger partial charge on any atom is -0.497 e. The molecular formula is C18H25NO4. The Morgan fingerprint density at radius 3 is 2.61 bits per heavy atom. The Kier molecular flexibility index (Phi) is 5.06. The van der Waals surface area contributed by atoms with Gasteiger partial charge in [0.25, 0.3) is 0 Å². The molecule has 5 heteroatoms. The van der Waals surface area contributed by atoms with Gasteiger partial charge in [-0.25, -0.2) is 0 Å². The summed E-state index contributed by atoms with van der Waals surface area (Å²) in [6.45, 7) is 1.05. The summed E-state index contributed by atoms with van der Waals surface area (Å²) in [5.74, 6) is 2.40. The van der Waals surface area contributed by atoms with E-state index in [0.717, 1.165) is 24.3 Å². The molecule has 1 saturated carbocycles. The van der Waals surface area contributed by atoms with Gasteiger partial charge in [0.05, 0.1) is 26.2 Å². The van der Waals surface area contributed by atoms with E-state index in [0.29, 0.717) is 31.6 Å². The molecule has 2 fully saturated rings. The Labute approximate surface area is 137 Å². The van der Waals surface area contributed by atoms with E-state index in [1.165, 1.54) is 6.42 Å². The van der Waals surface area contributed by atoms with E-state index >= 15 is 0 Å². The number of rotatable bonds is 7. The Bertz CT molecular complexity index is 530. The molecule has 1 aliphatic heterocycles. The third-order valence-corrected chi connectivity index (χ3v) is 5.03. The molecule has 1 aliphatic carbocycles. The first-order chi connectivity index (χ1) is 11.2. The van der Waals surface area contributed by atoms with Gasteiger partial charge in [0.2, 0.25) is 5.91 Å². The van der Waals surface area contributed by atoms with Crippen molar-refractivity contribution in [1.29, 1.82) is 0 Å². The lowest BCUT2D eigenvalue weighted by molar-refractivity contribution is -0.137. The van der Waals surface area contributed by atoms with E-state index in [1.807, 2.05) is 24.3 Å². The number of benzene rings is 1. The molecule has 1 aromatic rings. The zero-order chi connectivity index (χ0) is 16.2. The van der Waals surface area contributed by atoms with Crippen LogP contribution in [-0.4, -0.2) is 50.3 Å². The quantitative estimate of drug-likeness (QED) is 0.775. The molecule has 2 aliphatic rings. The lowest BCUT2D eigenvalue weighted by Gasteiger charge is -2.35. The van der Waals surface area contributed by atoms with Crippen LogP contribution in [0.15, 0.2) is 24.3 Å². The number of carbonyl (C=O) groups is 1. The van der Waals surface area contributed by atoms with E-state index < -0.39 is 0 Å². The van der Waals surface area contributed by atoms with Gasteiger partial charge >= 0.3 is 0 Å². The van der Waals surface area contributed by atoms with Crippen LogP contribution in [0.4, 0.5) is 0 Å². The topological polar surface area (TPSA) is 48.0 Å². The predicted molar refractivity (Wildman–Crippen MR) is 86.7 cm³/mol. The molecular weight excluding hydrogens is 294 g/mol. The van der Waals surface area contributed by atoms with Crippen LogP contribution in [0.25, 0.3) is 0 Å². The fourth-order valence-corrected chi connectivity index (χ4v) is 3.87. The second-order valence-corrected chi connectivity index (χ2v) is 6.32. The fraction of sp³-hybridized carbons (Fsp3) is 0.611. The first kappa shape index (κ1) is 16.1. The standard InChI is InChI=1S/C18H25NO4/c1-21-10-9-18(20)19-14-4-3-13(11-14)17(19)12-23-16-7-5-15(22-2)6-8-16/h5-8,13-14,17H,3-4,9-12H2,1-2H3/t13?,14?,17-/m1/s1. The van der Waals surface area contributed by atoms with Crippen molar-refractivity contribution >= 4 is 5.91 Å². The van der Waals surface area contributed by atoms with Crippen molar-refractivity contribution < 1.29 is 19.0 Å². The van der Waals surface area contributed by atoms with Gasteiger partial charge in [-0.1, -0.05) is 0 Å². The molecule has 5 nitrogen and oxygen atoms in total. The van der Waals surface area contributed by atoms with E-state index in [4.69, 9.17) is 14.2 Å². The Hall–Kier alpha value is -1.75. The van der Waals surface area contributed by atoms with Crippen molar-refractivity contribution in [1.82, 2.24) is 4.90 Å². The molecule has 0 radical (unpaired) electrons. The molecule has 2 unspecified atom stereocenters. The maximum absolute atomic E-state index is 12.5. The smallest absolute Gasteiger partial charge is 0.225 e. The first-order valence-corrected chi connectivity index (χ1v) is 8.30. The van der Waals surface area contributed by atoms with Gasteiger partial charge in [-0.2, -0.15) is 0 Å².